The molecule has 0 heterocycles. The van der Waals surface area contributed by atoms with Crippen LogP contribution < -0.4 is 15.4 Å². The zero-order valence-corrected chi connectivity index (χ0v) is 12.4. The van der Waals surface area contributed by atoms with Gasteiger partial charge in [0.05, 0.1) is 11.6 Å². The van der Waals surface area contributed by atoms with Crippen molar-refractivity contribution in [3.05, 3.63) is 23.2 Å². The van der Waals surface area contributed by atoms with Crippen molar-refractivity contribution >= 4 is 23.2 Å². The summed E-state index contributed by atoms with van der Waals surface area (Å²) in [6.07, 6.45) is 0. The minimum atomic E-state index is -0.0923. The Morgan fingerprint density at radius 1 is 1.42 bits per heavy atom. The molecule has 4 nitrogen and oxygen atoms in total. The highest BCUT2D eigenvalue weighted by molar-refractivity contribution is 6.32. The molecule has 0 aliphatic carbocycles. The average Bonchev–Trinajstić information content (AvgIpc) is 2.39. The highest BCUT2D eigenvalue weighted by atomic mass is 35.5. The highest BCUT2D eigenvalue weighted by Crippen LogP contribution is 2.27. The van der Waals surface area contributed by atoms with E-state index in [2.05, 4.69) is 10.6 Å². The molecule has 2 N–H and O–H groups in total. The Hall–Kier alpha value is -1.26. The Morgan fingerprint density at radius 2 is 2.16 bits per heavy atom. The Bertz CT molecular complexity index is 424. The first-order valence-corrected chi connectivity index (χ1v) is 6.90. The molecular formula is C14H21ClN2O2. The number of amides is 1. The molecule has 5 heteroatoms. The summed E-state index contributed by atoms with van der Waals surface area (Å²) in [5, 5.41) is 6.49. The zero-order valence-electron chi connectivity index (χ0n) is 11.6. The fourth-order valence-corrected chi connectivity index (χ4v) is 1.81. The average molecular weight is 285 g/mol. The third-order valence-corrected chi connectivity index (χ3v) is 2.94. The quantitative estimate of drug-likeness (QED) is 0.809. The number of rotatable bonds is 7. The number of halogens is 1. The van der Waals surface area contributed by atoms with Gasteiger partial charge in [0, 0.05) is 18.2 Å². The second kappa shape index (κ2) is 8.02. The monoisotopic (exact) mass is 284 g/mol. The summed E-state index contributed by atoms with van der Waals surface area (Å²) >= 11 is 6.07. The van der Waals surface area contributed by atoms with Crippen LogP contribution in [0.4, 0.5) is 5.69 Å². The van der Waals surface area contributed by atoms with Gasteiger partial charge in [0.25, 0.3) is 0 Å². The lowest BCUT2D eigenvalue weighted by Gasteiger charge is -2.13. The van der Waals surface area contributed by atoms with Gasteiger partial charge in [-0.2, -0.15) is 0 Å². The van der Waals surface area contributed by atoms with Crippen molar-refractivity contribution in [3.63, 3.8) is 0 Å². The molecule has 1 atom stereocenters. The van der Waals surface area contributed by atoms with Gasteiger partial charge in [0.1, 0.15) is 5.75 Å². The molecule has 0 radical (unpaired) electrons. The Kier molecular flexibility index (Phi) is 6.67. The fourth-order valence-electron chi connectivity index (χ4n) is 1.57. The van der Waals surface area contributed by atoms with Crippen LogP contribution in [0.1, 0.15) is 20.8 Å². The molecule has 1 aromatic carbocycles. The fraction of sp³-hybridized carbons (Fsp3) is 0.500. The smallest absolute Gasteiger partial charge is 0.228 e. The predicted molar refractivity (Wildman–Crippen MR) is 79.0 cm³/mol. The Balaban J connectivity index is 2.62. The summed E-state index contributed by atoms with van der Waals surface area (Å²) in [6.45, 7) is 7.87. The standard InChI is InChI=1S/C14H21ClN2O2/c1-4-16-9-10(3)14(18)17-11-6-7-13(19-5-2)12(15)8-11/h6-8,10,16H,4-5,9H2,1-3H3,(H,17,18). The number of nitrogens with one attached hydrogen (secondary N) is 2. The van der Waals surface area contributed by atoms with E-state index in [0.29, 0.717) is 29.6 Å². The molecule has 0 fully saturated rings. The van der Waals surface area contributed by atoms with Crippen LogP contribution in [0.15, 0.2) is 18.2 Å². The lowest BCUT2D eigenvalue weighted by molar-refractivity contribution is -0.119. The first-order chi connectivity index (χ1) is 9.08. The van der Waals surface area contributed by atoms with Crippen molar-refractivity contribution in [3.8, 4) is 5.75 Å². The summed E-state index contributed by atoms with van der Waals surface area (Å²) < 4.78 is 5.34. The van der Waals surface area contributed by atoms with Crippen LogP contribution in [-0.4, -0.2) is 25.6 Å². The molecule has 0 spiro atoms. The van der Waals surface area contributed by atoms with Crippen molar-refractivity contribution in [2.75, 3.05) is 25.0 Å². The first-order valence-electron chi connectivity index (χ1n) is 6.52. The number of carbonyl (C=O) groups excluding carboxylic acids is 1. The minimum Gasteiger partial charge on any atom is -0.492 e. The lowest BCUT2D eigenvalue weighted by Crippen LogP contribution is -2.30. The number of anilines is 1. The zero-order chi connectivity index (χ0) is 14.3. The van der Waals surface area contributed by atoms with E-state index >= 15 is 0 Å². The number of ether oxygens (including phenoxy) is 1. The van der Waals surface area contributed by atoms with E-state index in [0.717, 1.165) is 6.54 Å². The van der Waals surface area contributed by atoms with Gasteiger partial charge in [-0.25, -0.2) is 0 Å². The number of benzene rings is 1. The summed E-state index contributed by atoms with van der Waals surface area (Å²) in [7, 11) is 0. The Labute approximate surface area is 119 Å². The molecule has 1 aromatic rings. The second-order valence-electron chi connectivity index (χ2n) is 4.28. The summed E-state index contributed by atoms with van der Waals surface area (Å²) in [5.41, 5.74) is 0.682. The maximum atomic E-state index is 11.9. The van der Waals surface area contributed by atoms with Crippen molar-refractivity contribution in [1.29, 1.82) is 0 Å². The third-order valence-electron chi connectivity index (χ3n) is 2.65. The van der Waals surface area contributed by atoms with Gasteiger partial charge in [-0.3, -0.25) is 4.79 Å². The van der Waals surface area contributed by atoms with Crippen LogP contribution >= 0.6 is 11.6 Å². The van der Waals surface area contributed by atoms with Crippen LogP contribution in [0.25, 0.3) is 0 Å². The van der Waals surface area contributed by atoms with Crippen LogP contribution in [-0.2, 0) is 4.79 Å². The van der Waals surface area contributed by atoms with Crippen molar-refractivity contribution < 1.29 is 9.53 Å². The van der Waals surface area contributed by atoms with Crippen LogP contribution in [0.5, 0.6) is 5.75 Å². The van der Waals surface area contributed by atoms with E-state index in [4.69, 9.17) is 16.3 Å². The SMILES string of the molecule is CCNCC(C)C(=O)Nc1ccc(OCC)c(Cl)c1. The third kappa shape index (κ3) is 5.09. The largest absolute Gasteiger partial charge is 0.492 e. The predicted octanol–water partition coefficient (Wildman–Crippen LogP) is 2.92. The molecular weight excluding hydrogens is 264 g/mol. The Morgan fingerprint density at radius 3 is 2.74 bits per heavy atom. The first kappa shape index (κ1) is 15.8. The van der Waals surface area contributed by atoms with Crippen molar-refractivity contribution in [2.45, 2.75) is 20.8 Å². The molecule has 0 saturated heterocycles. The van der Waals surface area contributed by atoms with Crippen LogP contribution in [0.2, 0.25) is 5.02 Å². The molecule has 19 heavy (non-hydrogen) atoms. The molecule has 0 aromatic heterocycles. The van der Waals surface area contributed by atoms with E-state index in [9.17, 15) is 4.79 Å². The maximum Gasteiger partial charge on any atom is 0.228 e. The lowest BCUT2D eigenvalue weighted by atomic mass is 10.1. The van der Waals surface area contributed by atoms with Gasteiger partial charge in [-0.15, -0.1) is 0 Å². The van der Waals surface area contributed by atoms with Crippen molar-refractivity contribution in [1.82, 2.24) is 5.32 Å². The summed E-state index contributed by atoms with van der Waals surface area (Å²) in [5.74, 6) is 0.509. The van der Waals surface area contributed by atoms with Gasteiger partial charge < -0.3 is 15.4 Å². The molecule has 0 saturated carbocycles. The highest BCUT2D eigenvalue weighted by Gasteiger charge is 2.13. The van der Waals surface area contributed by atoms with E-state index in [1.165, 1.54) is 0 Å². The van der Waals surface area contributed by atoms with Gasteiger partial charge in [-0.05, 0) is 31.7 Å². The molecule has 0 aliphatic rings. The van der Waals surface area contributed by atoms with Gasteiger partial charge in [-0.1, -0.05) is 25.4 Å². The molecule has 106 valence electrons. The summed E-state index contributed by atoms with van der Waals surface area (Å²) in [6, 6.07) is 5.25. The normalized spacial score (nSPS) is 12.0. The number of carbonyl (C=O) groups is 1. The molecule has 0 aliphatic heterocycles. The summed E-state index contributed by atoms with van der Waals surface area (Å²) in [4.78, 5) is 11.9. The molecule has 1 amide bonds. The van der Waals surface area contributed by atoms with Crippen molar-refractivity contribution in [2.24, 2.45) is 5.92 Å². The van der Waals surface area contributed by atoms with Gasteiger partial charge in [0.2, 0.25) is 5.91 Å². The van der Waals surface area contributed by atoms with Crippen LogP contribution in [0, 0.1) is 5.92 Å². The second-order valence-corrected chi connectivity index (χ2v) is 4.68. The molecule has 0 bridgehead atoms. The van der Waals surface area contributed by atoms with Gasteiger partial charge >= 0.3 is 0 Å². The maximum absolute atomic E-state index is 11.9. The number of hydrogen-bond donors (Lipinski definition) is 2. The number of hydrogen-bond acceptors (Lipinski definition) is 3. The van der Waals surface area contributed by atoms with Crippen LogP contribution in [0.3, 0.4) is 0 Å². The van der Waals surface area contributed by atoms with E-state index in [1.807, 2.05) is 20.8 Å². The van der Waals surface area contributed by atoms with E-state index in [1.54, 1.807) is 18.2 Å². The minimum absolute atomic E-state index is 0.0267. The molecule has 1 unspecified atom stereocenters. The van der Waals surface area contributed by atoms with E-state index in [-0.39, 0.29) is 11.8 Å². The topological polar surface area (TPSA) is 50.4 Å². The molecule has 1 rings (SSSR count). The van der Waals surface area contributed by atoms with E-state index < -0.39 is 0 Å². The van der Waals surface area contributed by atoms with Gasteiger partial charge in [0.15, 0.2) is 0 Å².